The van der Waals surface area contributed by atoms with Crippen molar-refractivity contribution in [1.82, 2.24) is 10.3 Å². The minimum Gasteiger partial charge on any atom is -0.368 e. The van der Waals surface area contributed by atoms with E-state index in [-0.39, 0.29) is 23.6 Å². The number of aromatic nitrogens is 1. The second-order valence-electron chi connectivity index (χ2n) is 6.88. The summed E-state index contributed by atoms with van der Waals surface area (Å²) in [5.74, 6) is -2.03. The van der Waals surface area contributed by atoms with Crippen LogP contribution in [0.2, 0.25) is 0 Å². The molecule has 1 aromatic heterocycles. The molecular weight excluding hydrogens is 413 g/mol. The number of rotatable bonds is 5. The van der Waals surface area contributed by atoms with Gasteiger partial charge in [-0.15, -0.1) is 11.3 Å². The fourth-order valence-corrected chi connectivity index (χ4v) is 4.11. The van der Waals surface area contributed by atoms with E-state index in [9.17, 15) is 18.0 Å². The fourth-order valence-electron chi connectivity index (χ4n) is 3.25. The van der Waals surface area contributed by atoms with Crippen LogP contribution in [0.4, 0.5) is 24.0 Å². The molecule has 1 N–H and O–H groups in total. The third kappa shape index (κ3) is 4.56. The fraction of sp³-hybridized carbons (Fsp3) is 0.238. The van der Waals surface area contributed by atoms with Crippen molar-refractivity contribution in [2.45, 2.75) is 6.54 Å². The minimum absolute atomic E-state index is 0.0475. The Morgan fingerprint density at radius 1 is 0.967 bits per heavy atom. The number of carbonyl (C=O) groups excluding carboxylic acids is 1. The Balaban J connectivity index is 1.32. The molecule has 156 valence electrons. The van der Waals surface area contributed by atoms with Crippen LogP contribution < -0.4 is 15.1 Å². The second kappa shape index (κ2) is 8.74. The van der Waals surface area contributed by atoms with E-state index < -0.39 is 17.5 Å². The lowest BCUT2D eigenvalue weighted by Crippen LogP contribution is -2.46. The van der Waals surface area contributed by atoms with E-state index in [1.165, 1.54) is 29.5 Å². The van der Waals surface area contributed by atoms with Gasteiger partial charge in [-0.3, -0.25) is 4.79 Å². The van der Waals surface area contributed by atoms with E-state index in [0.29, 0.717) is 0 Å². The average molecular weight is 432 g/mol. The van der Waals surface area contributed by atoms with Gasteiger partial charge in [-0.05, 0) is 30.3 Å². The maximum Gasteiger partial charge on any atom is 0.271 e. The summed E-state index contributed by atoms with van der Waals surface area (Å²) in [4.78, 5) is 21.0. The van der Waals surface area contributed by atoms with Gasteiger partial charge in [0.1, 0.15) is 23.1 Å². The highest BCUT2D eigenvalue weighted by atomic mass is 32.1. The highest BCUT2D eigenvalue weighted by Crippen LogP contribution is 2.24. The summed E-state index contributed by atoms with van der Waals surface area (Å²) >= 11 is 1.37. The topological polar surface area (TPSA) is 48.5 Å². The van der Waals surface area contributed by atoms with Gasteiger partial charge in [0.25, 0.3) is 5.91 Å². The molecule has 4 rings (SSSR count). The monoisotopic (exact) mass is 432 g/mol. The zero-order valence-corrected chi connectivity index (χ0v) is 16.8. The summed E-state index contributed by atoms with van der Waals surface area (Å²) in [6.07, 6.45) is 0. The molecule has 1 saturated heterocycles. The smallest absolute Gasteiger partial charge is 0.271 e. The van der Waals surface area contributed by atoms with Crippen molar-refractivity contribution in [2.75, 3.05) is 36.0 Å². The number of hydrogen-bond acceptors (Lipinski definition) is 5. The first-order chi connectivity index (χ1) is 14.5. The molecule has 0 bridgehead atoms. The molecule has 1 fully saturated rings. The molecule has 5 nitrogen and oxygen atoms in total. The first-order valence-corrected chi connectivity index (χ1v) is 10.3. The van der Waals surface area contributed by atoms with Crippen LogP contribution in [0.25, 0.3) is 0 Å². The van der Waals surface area contributed by atoms with E-state index in [1.807, 2.05) is 0 Å². The minimum atomic E-state index is -0.701. The lowest BCUT2D eigenvalue weighted by atomic mass is 10.2. The van der Waals surface area contributed by atoms with Crippen LogP contribution in [0.1, 0.15) is 16.1 Å². The van der Waals surface area contributed by atoms with E-state index in [2.05, 4.69) is 20.1 Å². The first-order valence-electron chi connectivity index (χ1n) is 9.43. The first kappa shape index (κ1) is 20.2. The largest absolute Gasteiger partial charge is 0.368 e. The Morgan fingerprint density at radius 3 is 2.33 bits per heavy atom. The number of thiazole rings is 1. The lowest BCUT2D eigenvalue weighted by molar-refractivity contribution is 0.0946. The molecule has 0 aliphatic carbocycles. The van der Waals surface area contributed by atoms with Gasteiger partial charge in [-0.1, -0.05) is 6.07 Å². The van der Waals surface area contributed by atoms with Crippen molar-refractivity contribution in [3.05, 3.63) is 76.6 Å². The molecule has 3 aromatic rings. The number of hydrogen-bond donors (Lipinski definition) is 1. The van der Waals surface area contributed by atoms with Gasteiger partial charge in [-0.25, -0.2) is 18.2 Å². The van der Waals surface area contributed by atoms with Gasteiger partial charge in [0.2, 0.25) is 0 Å². The highest BCUT2D eigenvalue weighted by Gasteiger charge is 2.21. The number of benzene rings is 2. The van der Waals surface area contributed by atoms with Crippen molar-refractivity contribution in [2.24, 2.45) is 0 Å². The Kier molecular flexibility index (Phi) is 5.89. The van der Waals surface area contributed by atoms with Crippen molar-refractivity contribution in [3.8, 4) is 0 Å². The number of nitrogens with zero attached hydrogens (tertiary/aromatic N) is 3. The lowest BCUT2D eigenvalue weighted by Gasteiger charge is -2.36. The van der Waals surface area contributed by atoms with E-state index >= 15 is 0 Å². The molecule has 2 aromatic carbocycles. The van der Waals surface area contributed by atoms with Crippen LogP contribution in [0.5, 0.6) is 0 Å². The van der Waals surface area contributed by atoms with Crippen molar-refractivity contribution >= 4 is 28.1 Å². The Bertz CT molecular complexity index is 1030. The average Bonchev–Trinajstić information content (AvgIpc) is 3.24. The molecule has 1 aliphatic heterocycles. The quantitative estimate of drug-likeness (QED) is 0.666. The summed E-state index contributed by atoms with van der Waals surface area (Å²) in [5.41, 5.74) is 1.44. The number of amides is 1. The molecule has 1 aliphatic rings. The molecule has 0 saturated carbocycles. The highest BCUT2D eigenvalue weighted by molar-refractivity contribution is 7.13. The van der Waals surface area contributed by atoms with Crippen molar-refractivity contribution in [3.63, 3.8) is 0 Å². The normalized spacial score (nSPS) is 14.1. The van der Waals surface area contributed by atoms with E-state index in [1.54, 1.807) is 17.5 Å². The van der Waals surface area contributed by atoms with Crippen LogP contribution in [0, 0.1) is 17.5 Å². The molecule has 1 amide bonds. The standard InChI is InChI=1S/C21H19F3N4OS/c22-15-3-5-17(6-4-15)27-7-9-28(10-8-27)21-26-19(13-30-21)20(29)25-12-14-1-2-16(23)11-18(14)24/h1-6,11,13H,7-10,12H2,(H,25,29). The number of nitrogens with one attached hydrogen (secondary N) is 1. The number of halogens is 3. The molecule has 0 spiro atoms. The van der Waals surface area contributed by atoms with Gasteiger partial charge in [0.05, 0.1) is 0 Å². The van der Waals surface area contributed by atoms with Gasteiger partial charge in [-0.2, -0.15) is 0 Å². The summed E-state index contributed by atoms with van der Waals surface area (Å²) < 4.78 is 39.8. The molecule has 0 unspecified atom stereocenters. The molecule has 9 heteroatoms. The molecular formula is C21H19F3N4OS. The number of anilines is 2. The molecule has 0 radical (unpaired) electrons. The van der Waals surface area contributed by atoms with Gasteiger partial charge < -0.3 is 15.1 Å². The zero-order chi connectivity index (χ0) is 21.1. The van der Waals surface area contributed by atoms with Crippen molar-refractivity contribution < 1.29 is 18.0 Å². The third-order valence-corrected chi connectivity index (χ3v) is 5.82. The van der Waals surface area contributed by atoms with Gasteiger partial charge in [0.15, 0.2) is 5.13 Å². The van der Waals surface area contributed by atoms with E-state index in [0.717, 1.165) is 49.1 Å². The van der Waals surface area contributed by atoms with Crippen LogP contribution in [-0.2, 0) is 6.54 Å². The summed E-state index contributed by atoms with van der Waals surface area (Å²) in [6.45, 7) is 2.93. The second-order valence-corrected chi connectivity index (χ2v) is 7.72. The summed E-state index contributed by atoms with van der Waals surface area (Å²) in [7, 11) is 0. The van der Waals surface area contributed by atoms with Gasteiger partial charge >= 0.3 is 0 Å². The molecule has 2 heterocycles. The predicted octanol–water partition coefficient (Wildman–Crippen LogP) is 3.82. The summed E-state index contributed by atoms with van der Waals surface area (Å²) in [6, 6.07) is 9.67. The predicted molar refractivity (Wildman–Crippen MR) is 110 cm³/mol. The molecule has 0 atom stereocenters. The zero-order valence-electron chi connectivity index (χ0n) is 15.9. The van der Waals surface area contributed by atoms with Crippen LogP contribution in [0.3, 0.4) is 0 Å². The maximum atomic E-state index is 13.7. The Morgan fingerprint density at radius 2 is 1.63 bits per heavy atom. The number of piperazine rings is 1. The number of carbonyl (C=O) groups is 1. The maximum absolute atomic E-state index is 13.7. The Hall–Kier alpha value is -3.07. The van der Waals surface area contributed by atoms with Gasteiger partial charge in [0, 0.05) is 55.4 Å². The summed E-state index contributed by atoms with van der Waals surface area (Å²) in [5, 5.41) is 5.02. The molecule has 30 heavy (non-hydrogen) atoms. The van der Waals surface area contributed by atoms with Crippen LogP contribution in [0.15, 0.2) is 47.8 Å². The van der Waals surface area contributed by atoms with Crippen LogP contribution in [-0.4, -0.2) is 37.1 Å². The Labute approximate surface area is 175 Å². The third-order valence-electron chi connectivity index (χ3n) is 4.92. The van der Waals surface area contributed by atoms with Crippen LogP contribution >= 0.6 is 11.3 Å². The van der Waals surface area contributed by atoms with Crippen molar-refractivity contribution in [1.29, 1.82) is 0 Å². The SMILES string of the molecule is O=C(NCc1ccc(F)cc1F)c1csc(N2CCN(c3ccc(F)cc3)CC2)n1. The van der Waals surface area contributed by atoms with E-state index in [4.69, 9.17) is 0 Å².